The van der Waals surface area contributed by atoms with E-state index in [1.54, 1.807) is 4.90 Å². The molecule has 1 aliphatic rings. The molecule has 0 spiro atoms. The maximum atomic E-state index is 12.6. The molecule has 0 radical (unpaired) electrons. The predicted molar refractivity (Wildman–Crippen MR) is 107 cm³/mol. The van der Waals surface area contributed by atoms with Gasteiger partial charge in [0.15, 0.2) is 11.0 Å². The van der Waals surface area contributed by atoms with E-state index in [0.29, 0.717) is 31.1 Å². The summed E-state index contributed by atoms with van der Waals surface area (Å²) in [4.78, 5) is 33.7. The molecule has 0 aromatic carbocycles. The molecule has 9 heteroatoms. The first-order valence-corrected chi connectivity index (χ1v) is 10.1. The molecule has 1 fully saturated rings. The van der Waals surface area contributed by atoms with E-state index in [0.717, 1.165) is 5.69 Å². The van der Waals surface area contributed by atoms with Crippen molar-refractivity contribution in [1.29, 1.82) is 0 Å². The third kappa shape index (κ3) is 6.10. The van der Waals surface area contributed by atoms with Gasteiger partial charge in [-0.25, -0.2) is 9.78 Å². The topological polar surface area (TPSA) is 96.6 Å². The third-order valence-electron chi connectivity index (χ3n) is 4.27. The van der Waals surface area contributed by atoms with E-state index in [-0.39, 0.29) is 36.1 Å². The van der Waals surface area contributed by atoms with Gasteiger partial charge in [-0.15, -0.1) is 0 Å². The summed E-state index contributed by atoms with van der Waals surface area (Å²) < 4.78 is 11.4. The van der Waals surface area contributed by atoms with Crippen molar-refractivity contribution in [1.82, 2.24) is 20.2 Å². The lowest BCUT2D eigenvalue weighted by Gasteiger charge is -2.39. The van der Waals surface area contributed by atoms with E-state index in [1.807, 2.05) is 41.5 Å². The molecule has 1 saturated heterocycles. The van der Waals surface area contributed by atoms with E-state index < -0.39 is 5.60 Å². The Kier molecular flexibility index (Phi) is 7.33. The number of aromatic nitrogens is 2. The molecule has 2 rings (SSSR count). The molecule has 2 amide bonds. The maximum absolute atomic E-state index is 12.6. The molecule has 158 valence electrons. The van der Waals surface area contributed by atoms with Gasteiger partial charge in [0.2, 0.25) is 0 Å². The number of nitrogens with one attached hydrogen (secondary N) is 2. The quantitative estimate of drug-likeness (QED) is 0.771. The summed E-state index contributed by atoms with van der Waals surface area (Å²) in [6, 6.07) is -0.248. The smallest absolute Gasteiger partial charge is 0.410 e. The first-order valence-electron chi connectivity index (χ1n) is 9.68. The van der Waals surface area contributed by atoms with Crippen LogP contribution in [0.2, 0.25) is 5.15 Å². The first kappa shape index (κ1) is 22.5. The fourth-order valence-corrected chi connectivity index (χ4v) is 3.29. The first-order chi connectivity index (χ1) is 13.0. The van der Waals surface area contributed by atoms with E-state index >= 15 is 0 Å². The number of imidazole rings is 1. The van der Waals surface area contributed by atoms with Gasteiger partial charge >= 0.3 is 6.09 Å². The van der Waals surface area contributed by atoms with Gasteiger partial charge in [0.05, 0.1) is 30.5 Å². The minimum Gasteiger partial charge on any atom is -0.444 e. The van der Waals surface area contributed by atoms with Crippen LogP contribution in [0.15, 0.2) is 0 Å². The van der Waals surface area contributed by atoms with Crippen LogP contribution in [0.5, 0.6) is 0 Å². The number of amides is 2. The molecule has 0 unspecified atom stereocenters. The highest BCUT2D eigenvalue weighted by molar-refractivity contribution is 6.30. The van der Waals surface area contributed by atoms with Crippen LogP contribution in [0.25, 0.3) is 0 Å². The lowest BCUT2D eigenvalue weighted by atomic mass is 10.0. The molecular formula is C19H31ClN4O4. The lowest BCUT2D eigenvalue weighted by molar-refractivity contribution is -0.0553. The minimum absolute atomic E-state index is 0.0484. The average molecular weight is 415 g/mol. The summed E-state index contributed by atoms with van der Waals surface area (Å²) in [7, 11) is 0. The van der Waals surface area contributed by atoms with Crippen LogP contribution in [0.4, 0.5) is 4.79 Å². The van der Waals surface area contributed by atoms with Gasteiger partial charge < -0.3 is 24.7 Å². The maximum Gasteiger partial charge on any atom is 0.410 e. The van der Waals surface area contributed by atoms with Crippen LogP contribution in [0.3, 0.4) is 0 Å². The molecule has 1 aliphatic heterocycles. The third-order valence-corrected chi connectivity index (χ3v) is 4.58. The van der Waals surface area contributed by atoms with Crippen molar-refractivity contribution in [3.8, 4) is 0 Å². The second-order valence-electron chi connectivity index (χ2n) is 8.23. The SMILES string of the molecule is CCc1[nH]c(C(=O)N[C@H]2CCN(C(=O)OC(C)(C)C)C[C@H]2OC(C)C)nc1Cl. The second-order valence-corrected chi connectivity index (χ2v) is 8.58. The van der Waals surface area contributed by atoms with Crippen molar-refractivity contribution in [2.75, 3.05) is 13.1 Å². The van der Waals surface area contributed by atoms with E-state index in [4.69, 9.17) is 21.1 Å². The van der Waals surface area contributed by atoms with Gasteiger partial charge in [-0.05, 0) is 47.5 Å². The summed E-state index contributed by atoms with van der Waals surface area (Å²) >= 11 is 6.03. The Morgan fingerprint density at radius 3 is 2.61 bits per heavy atom. The molecule has 0 saturated carbocycles. The Morgan fingerprint density at radius 1 is 1.39 bits per heavy atom. The van der Waals surface area contributed by atoms with Crippen LogP contribution >= 0.6 is 11.6 Å². The van der Waals surface area contributed by atoms with Crippen molar-refractivity contribution >= 4 is 23.6 Å². The van der Waals surface area contributed by atoms with E-state index in [2.05, 4.69) is 15.3 Å². The summed E-state index contributed by atoms with van der Waals surface area (Å²) in [6.07, 6.45) is 0.443. The number of halogens is 1. The molecule has 0 bridgehead atoms. The van der Waals surface area contributed by atoms with E-state index in [1.165, 1.54) is 0 Å². The number of carbonyl (C=O) groups is 2. The fraction of sp³-hybridized carbons (Fsp3) is 0.737. The molecule has 2 heterocycles. The number of hydrogen-bond donors (Lipinski definition) is 2. The molecule has 0 aliphatic carbocycles. The largest absolute Gasteiger partial charge is 0.444 e. The Hall–Kier alpha value is -1.80. The minimum atomic E-state index is -0.563. The number of nitrogens with zero attached hydrogens (tertiary/aromatic N) is 2. The normalized spacial score (nSPS) is 20.4. The number of likely N-dealkylation sites (tertiary alicyclic amines) is 1. The molecule has 1 aromatic heterocycles. The Morgan fingerprint density at radius 2 is 2.07 bits per heavy atom. The summed E-state index contributed by atoms with van der Waals surface area (Å²) in [5.41, 5.74) is 0.160. The molecule has 1 aromatic rings. The number of aromatic amines is 1. The molecule has 2 atom stereocenters. The standard InChI is InChI=1S/C19H31ClN4O4/c1-7-12-15(20)23-16(21-12)17(25)22-13-8-9-24(10-14(13)27-11(2)3)18(26)28-19(4,5)6/h11,13-14H,7-10H2,1-6H3,(H,21,23)(H,22,25)/t13-,14+/m0/s1. The van der Waals surface area contributed by atoms with Crippen LogP contribution < -0.4 is 5.32 Å². The van der Waals surface area contributed by atoms with Gasteiger partial charge in [-0.1, -0.05) is 18.5 Å². The lowest BCUT2D eigenvalue weighted by Crippen LogP contribution is -2.57. The Bertz CT molecular complexity index is 699. The number of H-pyrrole nitrogens is 1. The van der Waals surface area contributed by atoms with Crippen LogP contribution in [-0.4, -0.2) is 63.8 Å². The van der Waals surface area contributed by atoms with Crippen molar-refractivity contribution in [2.24, 2.45) is 0 Å². The number of piperidine rings is 1. The van der Waals surface area contributed by atoms with Crippen molar-refractivity contribution in [3.63, 3.8) is 0 Å². The van der Waals surface area contributed by atoms with Gasteiger partial charge in [0.25, 0.3) is 5.91 Å². The molecular weight excluding hydrogens is 384 g/mol. The summed E-state index contributed by atoms with van der Waals surface area (Å²) in [6.45, 7) is 12.1. The summed E-state index contributed by atoms with van der Waals surface area (Å²) in [5.74, 6) is -0.158. The highest BCUT2D eigenvalue weighted by Crippen LogP contribution is 2.20. The zero-order chi connectivity index (χ0) is 21.1. The summed E-state index contributed by atoms with van der Waals surface area (Å²) in [5, 5.41) is 3.28. The fourth-order valence-electron chi connectivity index (χ4n) is 3.03. The van der Waals surface area contributed by atoms with Crippen LogP contribution in [-0.2, 0) is 15.9 Å². The molecule has 8 nitrogen and oxygen atoms in total. The highest BCUT2D eigenvalue weighted by Gasteiger charge is 2.36. The van der Waals surface area contributed by atoms with Gasteiger partial charge in [-0.3, -0.25) is 4.79 Å². The average Bonchev–Trinajstić information content (AvgIpc) is 2.95. The Balaban J connectivity index is 2.06. The second kappa shape index (κ2) is 9.13. The van der Waals surface area contributed by atoms with Gasteiger partial charge in [-0.2, -0.15) is 0 Å². The number of aryl methyl sites for hydroxylation is 1. The van der Waals surface area contributed by atoms with Gasteiger partial charge in [0.1, 0.15) is 5.60 Å². The van der Waals surface area contributed by atoms with Crippen molar-refractivity contribution in [2.45, 2.75) is 78.2 Å². The number of carbonyl (C=O) groups excluding carboxylic acids is 2. The highest BCUT2D eigenvalue weighted by atomic mass is 35.5. The van der Waals surface area contributed by atoms with Crippen LogP contribution in [0, 0.1) is 0 Å². The Labute approximate surface area is 171 Å². The van der Waals surface area contributed by atoms with E-state index in [9.17, 15) is 9.59 Å². The van der Waals surface area contributed by atoms with Gasteiger partial charge in [0, 0.05) is 6.54 Å². The molecule has 28 heavy (non-hydrogen) atoms. The molecule has 2 N–H and O–H groups in total. The number of rotatable bonds is 5. The van der Waals surface area contributed by atoms with Crippen molar-refractivity contribution in [3.05, 3.63) is 16.7 Å². The number of ether oxygens (including phenoxy) is 2. The van der Waals surface area contributed by atoms with Crippen LogP contribution in [0.1, 0.15) is 64.3 Å². The monoisotopic (exact) mass is 414 g/mol. The number of hydrogen-bond acceptors (Lipinski definition) is 5. The zero-order valence-corrected chi connectivity index (χ0v) is 18.2. The zero-order valence-electron chi connectivity index (χ0n) is 17.5. The van der Waals surface area contributed by atoms with Crippen molar-refractivity contribution < 1.29 is 19.1 Å². The predicted octanol–water partition coefficient (Wildman–Crippen LogP) is 3.16.